The second kappa shape index (κ2) is 8.98. The predicted octanol–water partition coefficient (Wildman–Crippen LogP) is -2.92. The fourth-order valence-corrected chi connectivity index (χ4v) is 2.17. The van der Waals surface area contributed by atoms with E-state index in [0.717, 1.165) is 0 Å². The van der Waals surface area contributed by atoms with Gasteiger partial charge in [0, 0.05) is 11.1 Å². The van der Waals surface area contributed by atoms with Crippen molar-refractivity contribution in [1.29, 1.82) is 0 Å². The van der Waals surface area contributed by atoms with Crippen LogP contribution in [0.5, 0.6) is 0 Å². The maximum absolute atomic E-state index is 2.41. The lowest BCUT2D eigenvalue weighted by molar-refractivity contribution is -0.728. The van der Waals surface area contributed by atoms with E-state index in [0.29, 0.717) is 12.1 Å². The molecule has 2 aromatic carbocycles. The molecule has 2 rings (SSSR count). The average Bonchev–Trinajstić information content (AvgIpc) is 2.40. The fourth-order valence-electron chi connectivity index (χ4n) is 2.17. The Morgan fingerprint density at radius 1 is 0.632 bits per heavy atom. The van der Waals surface area contributed by atoms with Crippen LogP contribution in [0.3, 0.4) is 0 Å². The predicted molar refractivity (Wildman–Crippen MR) is 71.6 cm³/mol. The molecule has 0 saturated heterocycles. The molecule has 2 N–H and O–H groups in total. The lowest BCUT2D eigenvalue weighted by Gasteiger charge is -2.17. The first-order valence-electron chi connectivity index (χ1n) is 6.22. The third-order valence-corrected chi connectivity index (χ3v) is 3.23. The van der Waals surface area contributed by atoms with E-state index in [1.807, 2.05) is 0 Å². The van der Waals surface area contributed by atoms with Crippen molar-refractivity contribution in [3.63, 3.8) is 0 Å². The van der Waals surface area contributed by atoms with Crippen LogP contribution in [0, 0.1) is 0 Å². The SMILES string of the molecule is C[C@@H]([NH2+][C@H](C)c1ccccc1)c1ccccc1.[Cl-].[Cl-]. The summed E-state index contributed by atoms with van der Waals surface area (Å²) in [5, 5.41) is 2.41. The van der Waals surface area contributed by atoms with Crippen LogP contribution in [0.15, 0.2) is 60.7 Å². The van der Waals surface area contributed by atoms with Gasteiger partial charge in [-0.2, -0.15) is 0 Å². The number of rotatable bonds is 4. The Morgan fingerprint density at radius 3 is 1.26 bits per heavy atom. The average molecular weight is 297 g/mol. The molecule has 0 spiro atoms. The van der Waals surface area contributed by atoms with Gasteiger partial charge >= 0.3 is 0 Å². The zero-order chi connectivity index (χ0) is 12.1. The third-order valence-electron chi connectivity index (χ3n) is 3.23. The summed E-state index contributed by atoms with van der Waals surface area (Å²) in [6.07, 6.45) is 0. The van der Waals surface area contributed by atoms with Crippen molar-refractivity contribution in [2.45, 2.75) is 25.9 Å². The summed E-state index contributed by atoms with van der Waals surface area (Å²) in [5.74, 6) is 0. The standard InChI is InChI=1S/C16H19N.2ClH/c1-13(15-9-5-3-6-10-15)17-14(2)16-11-7-4-8-12-16;;/h3-14,17H,1-2H3;2*1H/p-1/t13-,14-;;/m1../s1. The number of hydrogen-bond donors (Lipinski definition) is 1. The van der Waals surface area contributed by atoms with E-state index in [2.05, 4.69) is 79.8 Å². The van der Waals surface area contributed by atoms with E-state index in [1.165, 1.54) is 11.1 Å². The smallest absolute Gasteiger partial charge is 0.109 e. The maximum atomic E-state index is 2.41. The summed E-state index contributed by atoms with van der Waals surface area (Å²) in [5.41, 5.74) is 2.77. The normalized spacial score (nSPS) is 12.7. The van der Waals surface area contributed by atoms with Crippen LogP contribution in [0.2, 0.25) is 0 Å². The minimum atomic E-state index is 0. The van der Waals surface area contributed by atoms with Crippen molar-refractivity contribution < 1.29 is 30.1 Å². The quantitative estimate of drug-likeness (QED) is 0.623. The van der Waals surface area contributed by atoms with Gasteiger partial charge in [0.05, 0.1) is 0 Å². The molecule has 3 heteroatoms. The van der Waals surface area contributed by atoms with E-state index in [4.69, 9.17) is 0 Å². The molecule has 19 heavy (non-hydrogen) atoms. The van der Waals surface area contributed by atoms with E-state index >= 15 is 0 Å². The summed E-state index contributed by atoms with van der Waals surface area (Å²) < 4.78 is 0. The van der Waals surface area contributed by atoms with Crippen molar-refractivity contribution in [2.24, 2.45) is 0 Å². The van der Waals surface area contributed by atoms with E-state index in [9.17, 15) is 0 Å². The molecule has 0 aliphatic rings. The van der Waals surface area contributed by atoms with Crippen LogP contribution in [-0.2, 0) is 0 Å². The molecule has 0 aliphatic heterocycles. The van der Waals surface area contributed by atoms with Crippen molar-refractivity contribution >= 4 is 0 Å². The second-order valence-corrected chi connectivity index (χ2v) is 4.59. The highest BCUT2D eigenvalue weighted by Crippen LogP contribution is 2.11. The first-order valence-corrected chi connectivity index (χ1v) is 6.22. The van der Waals surface area contributed by atoms with Crippen molar-refractivity contribution in [2.75, 3.05) is 0 Å². The Labute approximate surface area is 128 Å². The molecular formula is C16H20Cl2N-. The van der Waals surface area contributed by atoms with Gasteiger partial charge in [-0.15, -0.1) is 0 Å². The first kappa shape index (κ1) is 18.0. The Balaban J connectivity index is 0.00000162. The molecule has 0 bridgehead atoms. The zero-order valence-corrected chi connectivity index (χ0v) is 12.8. The Kier molecular flexibility index (Phi) is 8.49. The number of halogens is 2. The maximum Gasteiger partial charge on any atom is 0.109 e. The Bertz CT molecular complexity index is 401. The van der Waals surface area contributed by atoms with E-state index < -0.39 is 0 Å². The highest BCUT2D eigenvalue weighted by molar-refractivity contribution is 5.18. The van der Waals surface area contributed by atoms with Crippen LogP contribution in [0.1, 0.15) is 37.1 Å². The molecule has 0 saturated carbocycles. The summed E-state index contributed by atoms with van der Waals surface area (Å²) >= 11 is 0. The number of quaternary nitrogens is 1. The topological polar surface area (TPSA) is 16.6 Å². The van der Waals surface area contributed by atoms with Gasteiger partial charge in [-0.3, -0.25) is 0 Å². The number of nitrogens with two attached hydrogens (primary N) is 1. The number of hydrogen-bond acceptors (Lipinski definition) is 0. The molecule has 0 amide bonds. The van der Waals surface area contributed by atoms with E-state index in [-0.39, 0.29) is 24.8 Å². The van der Waals surface area contributed by atoms with Gasteiger partial charge in [0.2, 0.25) is 0 Å². The molecule has 0 fully saturated rings. The lowest BCUT2D eigenvalue weighted by atomic mass is 10.0. The molecular weight excluding hydrogens is 277 g/mol. The highest BCUT2D eigenvalue weighted by Gasteiger charge is 2.14. The van der Waals surface area contributed by atoms with E-state index in [1.54, 1.807) is 0 Å². The van der Waals surface area contributed by atoms with Crippen molar-refractivity contribution in [1.82, 2.24) is 0 Å². The summed E-state index contributed by atoms with van der Waals surface area (Å²) in [6.45, 7) is 4.52. The Hall–Kier alpha value is -1.02. The van der Waals surface area contributed by atoms with Gasteiger partial charge in [0.1, 0.15) is 12.1 Å². The van der Waals surface area contributed by atoms with Crippen LogP contribution in [0.4, 0.5) is 0 Å². The van der Waals surface area contributed by atoms with Gasteiger partial charge < -0.3 is 30.1 Å². The van der Waals surface area contributed by atoms with Gasteiger partial charge in [-0.25, -0.2) is 0 Å². The summed E-state index contributed by atoms with van der Waals surface area (Å²) in [4.78, 5) is 0. The summed E-state index contributed by atoms with van der Waals surface area (Å²) in [7, 11) is 0. The monoisotopic (exact) mass is 296 g/mol. The molecule has 0 aliphatic carbocycles. The minimum absolute atomic E-state index is 0. The summed E-state index contributed by atoms with van der Waals surface area (Å²) in [6, 6.07) is 22.3. The second-order valence-electron chi connectivity index (χ2n) is 4.59. The minimum Gasteiger partial charge on any atom is -1.00 e. The molecule has 2 aromatic rings. The highest BCUT2D eigenvalue weighted by atomic mass is 35.5. The van der Waals surface area contributed by atoms with Gasteiger partial charge in [0.15, 0.2) is 0 Å². The molecule has 0 heterocycles. The molecule has 0 aromatic heterocycles. The molecule has 0 unspecified atom stereocenters. The van der Waals surface area contributed by atoms with Gasteiger partial charge in [0.25, 0.3) is 0 Å². The van der Waals surface area contributed by atoms with Crippen molar-refractivity contribution in [3.05, 3.63) is 71.8 Å². The third kappa shape index (κ3) is 5.23. The van der Waals surface area contributed by atoms with Crippen LogP contribution >= 0.6 is 0 Å². The number of benzene rings is 2. The van der Waals surface area contributed by atoms with Gasteiger partial charge in [-0.1, -0.05) is 60.7 Å². The fraction of sp³-hybridized carbons (Fsp3) is 0.250. The van der Waals surface area contributed by atoms with Crippen LogP contribution in [-0.4, -0.2) is 0 Å². The van der Waals surface area contributed by atoms with Gasteiger partial charge in [-0.05, 0) is 13.8 Å². The molecule has 104 valence electrons. The molecule has 2 atom stereocenters. The lowest BCUT2D eigenvalue weighted by Crippen LogP contribution is -3.00. The first-order chi connectivity index (χ1) is 8.27. The molecule has 1 nitrogen and oxygen atoms in total. The van der Waals surface area contributed by atoms with Crippen LogP contribution in [0.25, 0.3) is 0 Å². The van der Waals surface area contributed by atoms with Crippen molar-refractivity contribution in [3.8, 4) is 0 Å². The largest absolute Gasteiger partial charge is 1.00 e. The Morgan fingerprint density at radius 2 is 0.947 bits per heavy atom. The molecule has 0 radical (unpaired) electrons. The zero-order valence-electron chi connectivity index (χ0n) is 11.3. The van der Waals surface area contributed by atoms with Crippen LogP contribution < -0.4 is 30.1 Å².